The fourth-order valence-electron chi connectivity index (χ4n) is 2.42. The summed E-state index contributed by atoms with van der Waals surface area (Å²) in [6, 6.07) is 9.99. The Morgan fingerprint density at radius 3 is 2.50 bits per heavy atom. The molecule has 1 fully saturated rings. The predicted octanol–water partition coefficient (Wildman–Crippen LogP) is 2.09. The summed E-state index contributed by atoms with van der Waals surface area (Å²) in [7, 11) is 0. The maximum atomic E-state index is 14.0. The summed E-state index contributed by atoms with van der Waals surface area (Å²) < 4.78 is 14.0. The van der Waals surface area contributed by atoms with Gasteiger partial charge in [0, 0.05) is 16.8 Å². The van der Waals surface area contributed by atoms with E-state index in [4.69, 9.17) is 11.6 Å². The first-order valence-electron chi connectivity index (χ1n) is 7.91. The largest absolute Gasteiger partial charge is 0.335 e. The molecule has 0 unspecified atom stereocenters. The summed E-state index contributed by atoms with van der Waals surface area (Å²) in [5.74, 6) is -4.87. The van der Waals surface area contributed by atoms with Crippen molar-refractivity contribution in [1.82, 2.24) is 10.7 Å². The lowest BCUT2D eigenvalue weighted by Gasteiger charge is -2.28. The summed E-state index contributed by atoms with van der Waals surface area (Å²) in [6.07, 6.45) is 0.867. The zero-order chi connectivity index (χ0) is 20.3. The van der Waals surface area contributed by atoms with Gasteiger partial charge in [-0.2, -0.15) is 5.10 Å². The molecule has 5 amide bonds. The van der Waals surface area contributed by atoms with Crippen LogP contribution in [0, 0.1) is 11.7 Å². The molecule has 0 radical (unpaired) electrons. The number of nitrogens with zero attached hydrogens (tertiary/aromatic N) is 2. The molecule has 142 valence electrons. The molecular formula is C18H12ClFN4O4. The molecule has 1 aliphatic rings. The van der Waals surface area contributed by atoms with Crippen molar-refractivity contribution in [3.05, 3.63) is 64.9 Å². The molecular weight excluding hydrogens is 391 g/mol. The topological polar surface area (TPSA) is 108 Å². The number of urea groups is 1. The molecule has 0 aromatic heterocycles. The van der Waals surface area contributed by atoms with Crippen molar-refractivity contribution in [2.24, 2.45) is 11.0 Å². The lowest BCUT2D eigenvalue weighted by atomic mass is 10.1. The van der Waals surface area contributed by atoms with E-state index in [0.717, 1.165) is 12.3 Å². The Balaban J connectivity index is 1.76. The minimum Gasteiger partial charge on any atom is -0.276 e. The Hall–Kier alpha value is -3.59. The standard InChI is InChI=1S/C18H12ClFN4O4/c19-11-7-5-10(6-8-11)15(25)23-21-9-12-16(26)22-18(28)24(17(12)27)14-4-2-1-3-13(14)20/h1-9,12H,(H,23,25)(H,22,26,28)/b21-9-/t12-/m0/s1. The van der Waals surface area contributed by atoms with Gasteiger partial charge >= 0.3 is 6.03 Å². The van der Waals surface area contributed by atoms with Crippen LogP contribution < -0.4 is 15.6 Å². The SMILES string of the molecule is O=C(N/N=C\[C@H]1C(=O)NC(=O)N(c2ccccc2F)C1=O)c1ccc(Cl)cc1. The molecule has 0 aliphatic carbocycles. The number of benzene rings is 2. The van der Waals surface area contributed by atoms with Gasteiger partial charge in [-0.3, -0.25) is 19.7 Å². The molecule has 1 aliphatic heterocycles. The second-order valence-corrected chi connectivity index (χ2v) is 6.06. The van der Waals surface area contributed by atoms with Crippen molar-refractivity contribution in [2.45, 2.75) is 0 Å². The van der Waals surface area contributed by atoms with Crippen LogP contribution in [0.5, 0.6) is 0 Å². The number of barbiturate groups is 1. The minimum absolute atomic E-state index is 0.254. The average molecular weight is 403 g/mol. The molecule has 28 heavy (non-hydrogen) atoms. The molecule has 2 aromatic rings. The van der Waals surface area contributed by atoms with Gasteiger partial charge in [-0.05, 0) is 36.4 Å². The molecule has 2 aromatic carbocycles. The highest BCUT2D eigenvalue weighted by Crippen LogP contribution is 2.23. The smallest absolute Gasteiger partial charge is 0.276 e. The lowest BCUT2D eigenvalue weighted by molar-refractivity contribution is -0.131. The summed E-state index contributed by atoms with van der Waals surface area (Å²) in [6.45, 7) is 0. The second kappa shape index (κ2) is 7.97. The molecule has 2 N–H and O–H groups in total. The summed E-state index contributed by atoms with van der Waals surface area (Å²) >= 11 is 5.74. The van der Waals surface area contributed by atoms with Crippen LogP contribution in [0.2, 0.25) is 5.02 Å². The average Bonchev–Trinajstić information content (AvgIpc) is 2.66. The van der Waals surface area contributed by atoms with Gasteiger partial charge in [0.1, 0.15) is 5.82 Å². The first-order chi connectivity index (χ1) is 13.4. The fraction of sp³-hybridized carbons (Fsp3) is 0.0556. The van der Waals surface area contributed by atoms with Crippen molar-refractivity contribution >= 4 is 47.3 Å². The number of amides is 5. The molecule has 1 atom stereocenters. The number of para-hydroxylation sites is 1. The van der Waals surface area contributed by atoms with Crippen LogP contribution >= 0.6 is 11.6 Å². The first kappa shape index (κ1) is 19.2. The van der Waals surface area contributed by atoms with Gasteiger partial charge in [0.2, 0.25) is 5.91 Å². The Bertz CT molecular complexity index is 993. The number of anilines is 1. The monoisotopic (exact) mass is 402 g/mol. The highest BCUT2D eigenvalue weighted by Gasteiger charge is 2.41. The number of rotatable bonds is 4. The van der Waals surface area contributed by atoms with Crippen molar-refractivity contribution in [3.63, 3.8) is 0 Å². The third-order valence-electron chi connectivity index (χ3n) is 3.79. The number of hydrogen-bond acceptors (Lipinski definition) is 5. The third kappa shape index (κ3) is 3.89. The first-order valence-corrected chi connectivity index (χ1v) is 8.28. The van der Waals surface area contributed by atoms with Crippen LogP contribution in [0.1, 0.15) is 10.4 Å². The fourth-order valence-corrected chi connectivity index (χ4v) is 2.55. The molecule has 8 nitrogen and oxygen atoms in total. The molecule has 10 heteroatoms. The van der Waals surface area contributed by atoms with Crippen molar-refractivity contribution in [3.8, 4) is 0 Å². The normalized spacial score (nSPS) is 17.0. The summed E-state index contributed by atoms with van der Waals surface area (Å²) in [4.78, 5) is 49.0. The number of hydrazone groups is 1. The van der Waals surface area contributed by atoms with Gasteiger partial charge in [0.25, 0.3) is 11.8 Å². The predicted molar refractivity (Wildman–Crippen MR) is 98.3 cm³/mol. The Labute approximate surface area is 163 Å². The molecule has 0 spiro atoms. The van der Waals surface area contributed by atoms with Crippen molar-refractivity contribution in [1.29, 1.82) is 0 Å². The molecule has 3 rings (SSSR count). The summed E-state index contributed by atoms with van der Waals surface area (Å²) in [5, 5.41) is 6.00. The van der Waals surface area contributed by atoms with Gasteiger partial charge in [-0.15, -0.1) is 0 Å². The highest BCUT2D eigenvalue weighted by molar-refractivity contribution is 6.32. The summed E-state index contributed by atoms with van der Waals surface area (Å²) in [5.41, 5.74) is 2.11. The van der Waals surface area contributed by atoms with Crippen molar-refractivity contribution in [2.75, 3.05) is 4.90 Å². The van der Waals surface area contributed by atoms with Crippen LogP contribution in [0.25, 0.3) is 0 Å². The maximum absolute atomic E-state index is 14.0. The van der Waals surface area contributed by atoms with Crippen LogP contribution in [-0.2, 0) is 9.59 Å². The Kier molecular flexibility index (Phi) is 5.46. The van der Waals surface area contributed by atoms with E-state index in [9.17, 15) is 23.6 Å². The lowest BCUT2D eigenvalue weighted by Crippen LogP contribution is -2.59. The van der Waals surface area contributed by atoms with Gasteiger partial charge in [0.05, 0.1) is 5.69 Å². The van der Waals surface area contributed by atoms with E-state index in [2.05, 4.69) is 10.5 Å². The molecule has 1 saturated heterocycles. The van der Waals surface area contributed by atoms with E-state index in [-0.39, 0.29) is 11.3 Å². The quantitative estimate of drug-likeness (QED) is 0.463. The van der Waals surface area contributed by atoms with Crippen LogP contribution in [0.4, 0.5) is 14.9 Å². The third-order valence-corrected chi connectivity index (χ3v) is 4.04. The van der Waals surface area contributed by atoms with Gasteiger partial charge < -0.3 is 0 Å². The molecule has 0 saturated carbocycles. The van der Waals surface area contributed by atoms with E-state index in [1.165, 1.54) is 42.5 Å². The van der Waals surface area contributed by atoms with Crippen molar-refractivity contribution < 1.29 is 23.6 Å². The Morgan fingerprint density at radius 2 is 1.82 bits per heavy atom. The highest BCUT2D eigenvalue weighted by atomic mass is 35.5. The van der Waals surface area contributed by atoms with E-state index in [1.807, 2.05) is 5.32 Å². The van der Waals surface area contributed by atoms with E-state index in [1.54, 1.807) is 0 Å². The molecule has 0 bridgehead atoms. The van der Waals surface area contributed by atoms with Crippen LogP contribution in [0.15, 0.2) is 53.6 Å². The number of nitrogens with one attached hydrogen (secondary N) is 2. The second-order valence-electron chi connectivity index (χ2n) is 5.62. The van der Waals surface area contributed by atoms with Gasteiger partial charge in [-0.25, -0.2) is 19.5 Å². The zero-order valence-corrected chi connectivity index (χ0v) is 14.8. The number of halogens is 2. The number of carbonyl (C=O) groups is 4. The zero-order valence-electron chi connectivity index (χ0n) is 14.1. The van der Waals surface area contributed by atoms with E-state index < -0.39 is 35.5 Å². The van der Waals surface area contributed by atoms with E-state index >= 15 is 0 Å². The minimum atomic E-state index is -1.53. The number of carbonyl (C=O) groups excluding carboxylic acids is 4. The maximum Gasteiger partial charge on any atom is 0.335 e. The number of hydrogen-bond donors (Lipinski definition) is 2. The van der Waals surface area contributed by atoms with Gasteiger partial charge in [-0.1, -0.05) is 23.7 Å². The Morgan fingerprint density at radius 1 is 1.14 bits per heavy atom. The van der Waals surface area contributed by atoms with Crippen LogP contribution in [-0.4, -0.2) is 30.0 Å². The van der Waals surface area contributed by atoms with Gasteiger partial charge in [0.15, 0.2) is 5.92 Å². The van der Waals surface area contributed by atoms with E-state index in [0.29, 0.717) is 9.92 Å². The number of imide groups is 2. The van der Waals surface area contributed by atoms with Crippen LogP contribution in [0.3, 0.4) is 0 Å². The molecule has 1 heterocycles.